The van der Waals surface area contributed by atoms with Crippen LogP contribution in [-0.4, -0.2) is 19.5 Å². The summed E-state index contributed by atoms with van der Waals surface area (Å²) in [5.74, 6) is 1.94. The molecule has 10 aromatic rings. The molecule has 0 radical (unpaired) electrons. The molecule has 2 aromatic heterocycles. The maximum Gasteiger partial charge on any atom is 0.164 e. The van der Waals surface area contributed by atoms with Gasteiger partial charge < -0.3 is 4.57 Å². The van der Waals surface area contributed by atoms with Crippen LogP contribution < -0.4 is 0 Å². The predicted molar refractivity (Wildman–Crippen MR) is 231 cm³/mol. The van der Waals surface area contributed by atoms with Crippen molar-refractivity contribution in [2.75, 3.05) is 0 Å². The molecule has 0 atom stereocenters. The number of benzene rings is 8. The molecular weight excluding hydrogens is 681 g/mol. The Bertz CT molecular complexity index is 3110. The zero-order chi connectivity index (χ0) is 37.4. The SMILES string of the molecule is CC1(C)c2ccccc2-c2c(-c3nc(-c4ccccc4)nc(-c4cc(-n5c6ccccc6c6ccccc65)c(-c5ccccc5)c5ccccc45)n3)cccc21. The average molecular weight is 717 g/mol. The number of rotatable bonds is 5. The first-order valence-electron chi connectivity index (χ1n) is 19.2. The lowest BCUT2D eigenvalue weighted by Crippen LogP contribution is -2.14. The molecule has 56 heavy (non-hydrogen) atoms. The van der Waals surface area contributed by atoms with Crippen LogP contribution in [0.15, 0.2) is 182 Å². The molecule has 0 amide bonds. The molecule has 264 valence electrons. The molecule has 0 fully saturated rings. The van der Waals surface area contributed by atoms with E-state index in [0.29, 0.717) is 17.5 Å². The minimum atomic E-state index is -0.152. The molecular formula is C52H36N4. The van der Waals surface area contributed by atoms with Crippen molar-refractivity contribution in [1.82, 2.24) is 19.5 Å². The molecule has 4 nitrogen and oxygen atoms in total. The molecule has 0 saturated carbocycles. The van der Waals surface area contributed by atoms with E-state index in [-0.39, 0.29) is 5.41 Å². The highest BCUT2D eigenvalue weighted by Gasteiger charge is 2.37. The predicted octanol–water partition coefficient (Wildman–Crippen LogP) is 13.1. The van der Waals surface area contributed by atoms with Gasteiger partial charge in [-0.05, 0) is 56.8 Å². The van der Waals surface area contributed by atoms with E-state index in [1.54, 1.807) is 0 Å². The Kier molecular flexibility index (Phi) is 7.17. The van der Waals surface area contributed by atoms with Gasteiger partial charge >= 0.3 is 0 Å². The van der Waals surface area contributed by atoms with Gasteiger partial charge in [0.2, 0.25) is 0 Å². The fourth-order valence-electron chi connectivity index (χ4n) is 9.09. The van der Waals surface area contributed by atoms with Crippen molar-refractivity contribution in [2.24, 2.45) is 0 Å². The van der Waals surface area contributed by atoms with Crippen molar-refractivity contribution in [1.29, 1.82) is 0 Å². The highest BCUT2D eigenvalue weighted by atomic mass is 15.0. The van der Waals surface area contributed by atoms with Gasteiger partial charge in [-0.2, -0.15) is 0 Å². The molecule has 0 aliphatic heterocycles. The Labute approximate surface area is 325 Å². The molecule has 0 bridgehead atoms. The summed E-state index contributed by atoms with van der Waals surface area (Å²) in [6.07, 6.45) is 0. The van der Waals surface area contributed by atoms with Crippen LogP contribution in [0.5, 0.6) is 0 Å². The lowest BCUT2D eigenvalue weighted by Gasteiger charge is -2.21. The van der Waals surface area contributed by atoms with Crippen molar-refractivity contribution in [3.05, 3.63) is 193 Å². The molecule has 1 aliphatic carbocycles. The van der Waals surface area contributed by atoms with Crippen LogP contribution in [0.1, 0.15) is 25.0 Å². The highest BCUT2D eigenvalue weighted by molar-refractivity contribution is 6.13. The Hall–Kier alpha value is -7.17. The maximum atomic E-state index is 5.47. The Morgan fingerprint density at radius 1 is 0.375 bits per heavy atom. The van der Waals surface area contributed by atoms with Crippen LogP contribution in [0, 0.1) is 0 Å². The molecule has 11 rings (SSSR count). The van der Waals surface area contributed by atoms with E-state index in [1.165, 1.54) is 33.0 Å². The van der Waals surface area contributed by atoms with Crippen LogP contribution in [0.4, 0.5) is 0 Å². The lowest BCUT2D eigenvalue weighted by molar-refractivity contribution is 0.660. The molecule has 0 unspecified atom stereocenters. The van der Waals surface area contributed by atoms with Gasteiger partial charge in [-0.25, -0.2) is 15.0 Å². The first kappa shape index (κ1) is 32.3. The molecule has 4 heteroatoms. The average Bonchev–Trinajstić information content (AvgIpc) is 3.72. The summed E-state index contributed by atoms with van der Waals surface area (Å²) < 4.78 is 2.42. The van der Waals surface area contributed by atoms with Gasteiger partial charge in [-0.1, -0.05) is 178 Å². The fraction of sp³-hybridized carbons (Fsp3) is 0.0577. The second kappa shape index (κ2) is 12.4. The molecule has 0 saturated heterocycles. The zero-order valence-electron chi connectivity index (χ0n) is 31.1. The Morgan fingerprint density at radius 2 is 0.875 bits per heavy atom. The highest BCUT2D eigenvalue weighted by Crippen LogP contribution is 2.52. The van der Waals surface area contributed by atoms with Crippen LogP contribution in [-0.2, 0) is 5.41 Å². The Balaban J connectivity index is 1.26. The molecule has 1 aliphatic rings. The van der Waals surface area contributed by atoms with E-state index in [0.717, 1.165) is 55.3 Å². The van der Waals surface area contributed by atoms with Gasteiger partial charge in [0.15, 0.2) is 17.5 Å². The van der Waals surface area contributed by atoms with Crippen molar-refractivity contribution in [2.45, 2.75) is 19.3 Å². The molecule has 0 N–H and O–H groups in total. The van der Waals surface area contributed by atoms with Gasteiger partial charge in [0.05, 0.1) is 16.7 Å². The second-order valence-electron chi connectivity index (χ2n) is 15.2. The van der Waals surface area contributed by atoms with Crippen molar-refractivity contribution in [3.63, 3.8) is 0 Å². The van der Waals surface area contributed by atoms with E-state index >= 15 is 0 Å². The van der Waals surface area contributed by atoms with E-state index in [2.05, 4.69) is 182 Å². The van der Waals surface area contributed by atoms with Crippen molar-refractivity contribution in [3.8, 4) is 62.1 Å². The summed E-state index contributed by atoms with van der Waals surface area (Å²) in [5, 5.41) is 4.64. The number of hydrogen-bond acceptors (Lipinski definition) is 3. The van der Waals surface area contributed by atoms with Crippen LogP contribution in [0.3, 0.4) is 0 Å². The van der Waals surface area contributed by atoms with Crippen LogP contribution >= 0.6 is 0 Å². The first-order chi connectivity index (χ1) is 27.6. The van der Waals surface area contributed by atoms with E-state index in [1.807, 2.05) is 18.2 Å². The smallest absolute Gasteiger partial charge is 0.164 e. The number of hydrogen-bond donors (Lipinski definition) is 0. The summed E-state index contributed by atoms with van der Waals surface area (Å²) in [5.41, 5.74) is 13.5. The largest absolute Gasteiger partial charge is 0.309 e. The van der Waals surface area contributed by atoms with Crippen LogP contribution in [0.25, 0.3) is 94.7 Å². The van der Waals surface area contributed by atoms with E-state index < -0.39 is 0 Å². The van der Waals surface area contributed by atoms with Crippen molar-refractivity contribution < 1.29 is 0 Å². The zero-order valence-corrected chi connectivity index (χ0v) is 31.1. The number of fused-ring (bicyclic) bond motifs is 7. The van der Waals surface area contributed by atoms with Gasteiger partial charge in [-0.15, -0.1) is 0 Å². The van der Waals surface area contributed by atoms with Crippen LogP contribution in [0.2, 0.25) is 0 Å². The second-order valence-corrected chi connectivity index (χ2v) is 15.2. The lowest BCUT2D eigenvalue weighted by atomic mass is 9.82. The summed E-state index contributed by atoms with van der Waals surface area (Å²) in [7, 11) is 0. The number of nitrogens with zero attached hydrogens (tertiary/aromatic N) is 4. The summed E-state index contributed by atoms with van der Waals surface area (Å²) in [4.78, 5) is 16.1. The third-order valence-corrected chi connectivity index (χ3v) is 11.7. The maximum absolute atomic E-state index is 5.47. The third-order valence-electron chi connectivity index (χ3n) is 11.7. The topological polar surface area (TPSA) is 43.6 Å². The number of aromatic nitrogens is 4. The third kappa shape index (κ3) is 4.82. The Morgan fingerprint density at radius 3 is 1.57 bits per heavy atom. The normalized spacial score (nSPS) is 13.0. The van der Waals surface area contributed by atoms with Gasteiger partial charge in [-0.3, -0.25) is 0 Å². The monoisotopic (exact) mass is 716 g/mol. The quantitative estimate of drug-likeness (QED) is 0.178. The van der Waals surface area contributed by atoms with E-state index in [9.17, 15) is 0 Å². The van der Waals surface area contributed by atoms with Gasteiger partial charge in [0.25, 0.3) is 0 Å². The summed E-state index contributed by atoms with van der Waals surface area (Å²) in [6, 6.07) is 64.8. The van der Waals surface area contributed by atoms with E-state index in [4.69, 9.17) is 15.0 Å². The fourth-order valence-corrected chi connectivity index (χ4v) is 9.09. The minimum absolute atomic E-state index is 0.152. The molecule has 8 aromatic carbocycles. The summed E-state index contributed by atoms with van der Waals surface area (Å²) >= 11 is 0. The minimum Gasteiger partial charge on any atom is -0.309 e. The standard InChI is InChI=1S/C52H36N4/c1-52(2)42-28-14-11-26-39(42)48-40(27-17-29-43(48)52)50-53-49(34-20-7-4-8-21-34)54-51(55-50)41-32-46(47(33-18-5-3-6-19-33)38-25-10-9-22-35(38)41)56-44-30-15-12-23-36(44)37-24-13-16-31-45(37)56/h3-32H,1-2H3. The first-order valence-corrected chi connectivity index (χ1v) is 19.2. The summed E-state index contributed by atoms with van der Waals surface area (Å²) in [6.45, 7) is 4.62. The number of para-hydroxylation sites is 2. The van der Waals surface area contributed by atoms with Crippen molar-refractivity contribution >= 4 is 32.6 Å². The molecule has 2 heterocycles. The molecule has 0 spiro atoms. The van der Waals surface area contributed by atoms with Gasteiger partial charge in [0, 0.05) is 38.4 Å². The van der Waals surface area contributed by atoms with Gasteiger partial charge in [0.1, 0.15) is 0 Å².